The summed E-state index contributed by atoms with van der Waals surface area (Å²) in [7, 11) is 0. The summed E-state index contributed by atoms with van der Waals surface area (Å²) in [5, 5.41) is 2.80. The molecule has 6 nitrogen and oxygen atoms in total. The quantitative estimate of drug-likeness (QED) is 0.873. The van der Waals surface area contributed by atoms with Gasteiger partial charge in [-0.2, -0.15) is 0 Å². The number of nitrogens with one attached hydrogen (secondary N) is 1. The summed E-state index contributed by atoms with van der Waals surface area (Å²) >= 11 is 0. The molecule has 0 aliphatic carbocycles. The number of fused-ring (bicyclic) bond motifs is 1. The monoisotopic (exact) mass is 329 g/mol. The molecule has 3 amide bonds. The van der Waals surface area contributed by atoms with E-state index in [1.54, 1.807) is 21.9 Å². The topological polar surface area (TPSA) is 69.7 Å². The highest BCUT2D eigenvalue weighted by Crippen LogP contribution is 2.20. The van der Waals surface area contributed by atoms with Crippen molar-refractivity contribution in [2.75, 3.05) is 19.6 Å². The first-order valence-electron chi connectivity index (χ1n) is 8.35. The highest BCUT2D eigenvalue weighted by molar-refractivity contribution is 5.99. The third-order valence-corrected chi connectivity index (χ3v) is 4.78. The Kier molecular flexibility index (Phi) is 4.30. The maximum absolute atomic E-state index is 12.6. The van der Waals surface area contributed by atoms with Crippen LogP contribution in [0.5, 0.6) is 0 Å². The van der Waals surface area contributed by atoms with Crippen molar-refractivity contribution < 1.29 is 14.4 Å². The molecule has 2 aliphatic heterocycles. The van der Waals surface area contributed by atoms with Gasteiger partial charge in [0.25, 0.3) is 5.91 Å². The molecule has 24 heavy (non-hydrogen) atoms. The van der Waals surface area contributed by atoms with Crippen molar-refractivity contribution in [1.82, 2.24) is 15.1 Å². The maximum Gasteiger partial charge on any atom is 0.253 e. The molecule has 2 heterocycles. The van der Waals surface area contributed by atoms with Crippen LogP contribution in [0, 0.1) is 12.8 Å². The zero-order valence-electron chi connectivity index (χ0n) is 14.3. The average Bonchev–Trinajstić information content (AvgIpc) is 2.57. The van der Waals surface area contributed by atoms with Gasteiger partial charge in [-0.3, -0.25) is 14.4 Å². The molecule has 6 heteroatoms. The van der Waals surface area contributed by atoms with E-state index in [0.29, 0.717) is 18.7 Å². The number of aryl methyl sites for hydroxylation is 1. The first-order valence-corrected chi connectivity index (χ1v) is 8.35. The van der Waals surface area contributed by atoms with Gasteiger partial charge in [-0.25, -0.2) is 0 Å². The molecular formula is C18H23N3O3. The zero-order chi connectivity index (χ0) is 17.4. The van der Waals surface area contributed by atoms with Gasteiger partial charge in [-0.15, -0.1) is 0 Å². The summed E-state index contributed by atoms with van der Waals surface area (Å²) in [6, 6.07) is 6.33. The standard InChI is InChI=1S/C18H23N3O3/c1-11(2)15-18(24)21-9-8-20(10-14(21)16(22)19-15)17(23)13-6-4-12(3)5-7-13/h4-7,11,14-15H,8-10H2,1-3H3,(H,19,22)/t14-,15+/m1/s1. The van der Waals surface area contributed by atoms with E-state index < -0.39 is 12.1 Å². The lowest BCUT2D eigenvalue weighted by atomic mass is 9.96. The highest BCUT2D eigenvalue weighted by Gasteiger charge is 2.45. The number of rotatable bonds is 2. The fourth-order valence-corrected chi connectivity index (χ4v) is 3.28. The SMILES string of the molecule is Cc1ccc(C(=O)N2CCN3C(=O)[C@H](C(C)C)NC(=O)[C@H]3C2)cc1. The van der Waals surface area contributed by atoms with Crippen molar-refractivity contribution >= 4 is 17.7 Å². The van der Waals surface area contributed by atoms with Crippen LogP contribution in [0.1, 0.15) is 29.8 Å². The fourth-order valence-electron chi connectivity index (χ4n) is 3.28. The molecule has 1 aromatic carbocycles. The summed E-state index contributed by atoms with van der Waals surface area (Å²) in [5.74, 6) is -0.262. The van der Waals surface area contributed by atoms with E-state index in [1.165, 1.54) is 0 Å². The maximum atomic E-state index is 12.6. The number of hydrogen-bond acceptors (Lipinski definition) is 3. The highest BCUT2D eigenvalue weighted by atomic mass is 16.2. The number of piperazine rings is 2. The lowest BCUT2D eigenvalue weighted by Gasteiger charge is -2.46. The molecule has 0 spiro atoms. The molecule has 2 saturated heterocycles. The fraction of sp³-hybridized carbons (Fsp3) is 0.500. The van der Waals surface area contributed by atoms with Crippen LogP contribution in [-0.2, 0) is 9.59 Å². The minimum Gasteiger partial charge on any atom is -0.342 e. The second kappa shape index (κ2) is 6.26. The molecule has 0 radical (unpaired) electrons. The van der Waals surface area contributed by atoms with Crippen LogP contribution in [0.4, 0.5) is 0 Å². The van der Waals surface area contributed by atoms with Gasteiger partial charge in [-0.05, 0) is 25.0 Å². The van der Waals surface area contributed by atoms with Crippen LogP contribution < -0.4 is 5.32 Å². The van der Waals surface area contributed by atoms with Crippen molar-refractivity contribution in [2.45, 2.75) is 32.9 Å². The predicted molar refractivity (Wildman–Crippen MR) is 89.4 cm³/mol. The number of carbonyl (C=O) groups excluding carboxylic acids is 3. The van der Waals surface area contributed by atoms with E-state index in [4.69, 9.17) is 0 Å². The summed E-state index contributed by atoms with van der Waals surface area (Å²) in [6.45, 7) is 6.90. The molecule has 1 aromatic rings. The normalized spacial score (nSPS) is 24.0. The minimum atomic E-state index is -0.587. The van der Waals surface area contributed by atoms with E-state index in [0.717, 1.165) is 5.56 Å². The van der Waals surface area contributed by atoms with Crippen LogP contribution in [0.15, 0.2) is 24.3 Å². The van der Waals surface area contributed by atoms with Crippen LogP contribution in [0.25, 0.3) is 0 Å². The average molecular weight is 329 g/mol. The lowest BCUT2D eigenvalue weighted by Crippen LogP contribution is -2.70. The molecular weight excluding hydrogens is 306 g/mol. The van der Waals surface area contributed by atoms with E-state index in [1.807, 2.05) is 32.9 Å². The van der Waals surface area contributed by atoms with Gasteiger partial charge in [-0.1, -0.05) is 31.5 Å². The van der Waals surface area contributed by atoms with Crippen molar-refractivity contribution in [2.24, 2.45) is 5.92 Å². The Balaban J connectivity index is 1.75. The van der Waals surface area contributed by atoms with Crippen molar-refractivity contribution in [3.05, 3.63) is 35.4 Å². The van der Waals surface area contributed by atoms with Crippen LogP contribution >= 0.6 is 0 Å². The Morgan fingerprint density at radius 3 is 2.46 bits per heavy atom. The van der Waals surface area contributed by atoms with E-state index in [9.17, 15) is 14.4 Å². The third kappa shape index (κ3) is 2.88. The number of amides is 3. The lowest BCUT2D eigenvalue weighted by molar-refractivity contribution is -0.153. The molecule has 0 unspecified atom stereocenters. The molecule has 0 aromatic heterocycles. The first-order chi connectivity index (χ1) is 11.4. The molecule has 3 rings (SSSR count). The summed E-state index contributed by atoms with van der Waals surface area (Å²) < 4.78 is 0. The van der Waals surface area contributed by atoms with E-state index >= 15 is 0 Å². The van der Waals surface area contributed by atoms with Crippen LogP contribution in [0.2, 0.25) is 0 Å². The van der Waals surface area contributed by atoms with E-state index in [2.05, 4.69) is 5.32 Å². The van der Waals surface area contributed by atoms with Crippen molar-refractivity contribution in [3.8, 4) is 0 Å². The number of hydrogen-bond donors (Lipinski definition) is 1. The van der Waals surface area contributed by atoms with Crippen molar-refractivity contribution in [3.63, 3.8) is 0 Å². The van der Waals surface area contributed by atoms with Gasteiger partial charge in [0.2, 0.25) is 11.8 Å². The third-order valence-electron chi connectivity index (χ3n) is 4.78. The van der Waals surface area contributed by atoms with Crippen LogP contribution in [-0.4, -0.2) is 59.2 Å². The molecule has 0 bridgehead atoms. The first kappa shape index (κ1) is 16.5. The smallest absolute Gasteiger partial charge is 0.253 e. The van der Waals surface area contributed by atoms with Gasteiger partial charge in [0.1, 0.15) is 12.1 Å². The minimum absolute atomic E-state index is 0.0444. The number of carbonyl (C=O) groups is 3. The van der Waals surface area contributed by atoms with Gasteiger partial charge in [0.15, 0.2) is 0 Å². The predicted octanol–water partition coefficient (Wildman–Crippen LogP) is 0.802. The van der Waals surface area contributed by atoms with Crippen LogP contribution in [0.3, 0.4) is 0 Å². The zero-order valence-corrected chi connectivity index (χ0v) is 14.3. The number of nitrogens with zero attached hydrogens (tertiary/aromatic N) is 2. The molecule has 1 N–H and O–H groups in total. The number of benzene rings is 1. The summed E-state index contributed by atoms with van der Waals surface area (Å²) in [5.41, 5.74) is 1.70. The van der Waals surface area contributed by atoms with E-state index in [-0.39, 0.29) is 30.2 Å². The van der Waals surface area contributed by atoms with Crippen molar-refractivity contribution in [1.29, 1.82) is 0 Å². The molecule has 0 saturated carbocycles. The molecule has 128 valence electrons. The second-order valence-electron chi connectivity index (χ2n) is 6.89. The summed E-state index contributed by atoms with van der Waals surface area (Å²) in [6.07, 6.45) is 0. The largest absolute Gasteiger partial charge is 0.342 e. The second-order valence-corrected chi connectivity index (χ2v) is 6.89. The Hall–Kier alpha value is -2.37. The van der Waals surface area contributed by atoms with Gasteiger partial charge in [0, 0.05) is 18.7 Å². The van der Waals surface area contributed by atoms with Gasteiger partial charge >= 0.3 is 0 Å². The summed E-state index contributed by atoms with van der Waals surface area (Å²) in [4.78, 5) is 40.9. The Morgan fingerprint density at radius 2 is 1.83 bits per heavy atom. The Labute approximate surface area is 141 Å². The Bertz CT molecular complexity index is 669. The van der Waals surface area contributed by atoms with Gasteiger partial charge < -0.3 is 15.1 Å². The Morgan fingerprint density at radius 1 is 1.17 bits per heavy atom. The molecule has 2 aliphatic rings. The van der Waals surface area contributed by atoms with Gasteiger partial charge in [0.05, 0.1) is 6.54 Å². The molecule has 2 fully saturated rings. The molecule has 2 atom stereocenters.